The number of fused-ring (bicyclic) bond motifs is 1. The van der Waals surface area contributed by atoms with Crippen LogP contribution >= 0.6 is 27.3 Å². The number of ether oxygens (including phenoxy) is 1. The van der Waals surface area contributed by atoms with Crippen molar-refractivity contribution < 1.29 is 13.9 Å². The Bertz CT molecular complexity index is 1140. The van der Waals surface area contributed by atoms with Gasteiger partial charge in [0.15, 0.2) is 5.76 Å². The molecule has 0 aliphatic carbocycles. The predicted molar refractivity (Wildman–Crippen MR) is 113 cm³/mol. The number of halogens is 1. The average Bonchev–Trinajstić information content (AvgIpc) is 3.38. The second-order valence-corrected chi connectivity index (χ2v) is 7.65. The van der Waals surface area contributed by atoms with Crippen LogP contribution in [0.4, 0.5) is 5.13 Å². The molecule has 0 N–H and O–H groups in total. The van der Waals surface area contributed by atoms with E-state index in [9.17, 15) is 4.79 Å². The molecule has 0 aliphatic rings. The minimum absolute atomic E-state index is 0.185. The molecule has 28 heavy (non-hydrogen) atoms. The van der Waals surface area contributed by atoms with Crippen LogP contribution in [0, 0.1) is 0 Å². The third-order valence-corrected chi connectivity index (χ3v) is 5.40. The van der Waals surface area contributed by atoms with E-state index in [1.165, 1.54) is 22.6 Å². The van der Waals surface area contributed by atoms with Crippen LogP contribution in [0.25, 0.3) is 10.2 Å². The largest absolute Gasteiger partial charge is 0.497 e. The van der Waals surface area contributed by atoms with Gasteiger partial charge in [-0.05, 0) is 48.0 Å². The Hall–Kier alpha value is -2.97. The van der Waals surface area contributed by atoms with Crippen LogP contribution in [0.5, 0.6) is 5.75 Å². The van der Waals surface area contributed by atoms with Gasteiger partial charge in [-0.3, -0.25) is 4.79 Å². The molecule has 2 aromatic carbocycles. The normalized spacial score (nSPS) is 11.2. The number of anilines is 1. The van der Waals surface area contributed by atoms with Crippen LogP contribution in [0.15, 0.2) is 74.9 Å². The van der Waals surface area contributed by atoms with Gasteiger partial charge in [-0.1, -0.05) is 39.4 Å². The first-order valence-corrected chi connectivity index (χ1v) is 9.87. The van der Waals surface area contributed by atoms with Crippen LogP contribution in [0.3, 0.4) is 0 Å². The number of methoxy groups -OCH3 is 1. The smallest absolute Gasteiger partial charge is 0.316 e. The molecule has 0 saturated carbocycles. The summed E-state index contributed by atoms with van der Waals surface area (Å²) in [5.74, 6) is 0.513. The monoisotopic (exact) mass is 455 g/mol. The molecule has 4 aromatic rings. The fourth-order valence-corrected chi connectivity index (χ4v) is 3.69. The maximum Gasteiger partial charge on any atom is 0.316 e. The zero-order chi connectivity index (χ0) is 19.5. The zero-order valence-corrected chi connectivity index (χ0v) is 17.1. The van der Waals surface area contributed by atoms with Crippen molar-refractivity contribution in [2.75, 3.05) is 12.1 Å². The number of hydrazone groups is 1. The number of furan rings is 1. The van der Waals surface area contributed by atoms with E-state index in [1.54, 1.807) is 25.5 Å². The number of nitrogens with zero attached hydrogens (tertiary/aromatic N) is 3. The Morgan fingerprint density at radius 2 is 2.07 bits per heavy atom. The lowest BCUT2D eigenvalue weighted by Gasteiger charge is -2.11. The van der Waals surface area contributed by atoms with E-state index in [-0.39, 0.29) is 5.76 Å². The minimum atomic E-state index is -0.399. The van der Waals surface area contributed by atoms with Crippen molar-refractivity contribution in [3.63, 3.8) is 0 Å². The molecule has 0 aliphatic heterocycles. The van der Waals surface area contributed by atoms with Gasteiger partial charge in [0, 0.05) is 4.47 Å². The molecule has 0 spiro atoms. The number of hydrogen-bond acceptors (Lipinski definition) is 6. The third kappa shape index (κ3) is 3.83. The molecule has 0 radical (unpaired) electrons. The fourth-order valence-electron chi connectivity index (χ4n) is 2.48. The number of rotatable bonds is 5. The Labute approximate surface area is 173 Å². The van der Waals surface area contributed by atoms with Crippen LogP contribution in [-0.4, -0.2) is 24.2 Å². The molecule has 0 unspecified atom stereocenters. The zero-order valence-electron chi connectivity index (χ0n) is 14.7. The maximum atomic E-state index is 12.9. The molecular weight excluding hydrogens is 442 g/mol. The summed E-state index contributed by atoms with van der Waals surface area (Å²) >= 11 is 4.75. The van der Waals surface area contributed by atoms with Crippen molar-refractivity contribution >= 4 is 54.7 Å². The van der Waals surface area contributed by atoms with Gasteiger partial charge >= 0.3 is 5.91 Å². The summed E-state index contributed by atoms with van der Waals surface area (Å²) in [6, 6.07) is 16.4. The summed E-state index contributed by atoms with van der Waals surface area (Å²) in [6.07, 6.45) is 3.06. The topological polar surface area (TPSA) is 67.9 Å². The first-order chi connectivity index (χ1) is 13.6. The predicted octanol–water partition coefficient (Wildman–Crippen LogP) is 5.34. The van der Waals surface area contributed by atoms with Gasteiger partial charge in [0.05, 0.1) is 29.8 Å². The molecule has 0 atom stereocenters. The molecule has 2 aromatic heterocycles. The highest BCUT2D eigenvalue weighted by atomic mass is 79.9. The molecule has 1 amide bonds. The van der Waals surface area contributed by atoms with Crippen LogP contribution in [0.1, 0.15) is 16.1 Å². The maximum absolute atomic E-state index is 12.9. The van der Waals surface area contributed by atoms with E-state index in [4.69, 9.17) is 9.15 Å². The molecule has 4 rings (SSSR count). The Morgan fingerprint density at radius 3 is 2.79 bits per heavy atom. The van der Waals surface area contributed by atoms with Crippen LogP contribution in [-0.2, 0) is 0 Å². The minimum Gasteiger partial charge on any atom is -0.497 e. The molecule has 0 fully saturated rings. The number of carbonyl (C=O) groups excluding carboxylic acids is 1. The van der Waals surface area contributed by atoms with Gasteiger partial charge in [0.1, 0.15) is 5.75 Å². The van der Waals surface area contributed by atoms with E-state index >= 15 is 0 Å². The number of aromatic nitrogens is 1. The van der Waals surface area contributed by atoms with Crippen molar-refractivity contribution in [2.45, 2.75) is 0 Å². The van der Waals surface area contributed by atoms with E-state index < -0.39 is 5.91 Å². The SMILES string of the molecule is COc1ccc2nc(N(/N=C/c3ccc(Br)cc3)C(=O)c3ccco3)sc2c1. The van der Waals surface area contributed by atoms with E-state index in [0.29, 0.717) is 5.13 Å². The molecule has 0 bridgehead atoms. The van der Waals surface area contributed by atoms with Crippen LogP contribution < -0.4 is 9.75 Å². The van der Waals surface area contributed by atoms with E-state index in [2.05, 4.69) is 26.0 Å². The summed E-state index contributed by atoms with van der Waals surface area (Å²) in [5, 5.41) is 6.08. The lowest BCUT2D eigenvalue weighted by molar-refractivity contribution is 0.0961. The molecular formula is C20H14BrN3O3S. The number of benzene rings is 2. The lowest BCUT2D eigenvalue weighted by Crippen LogP contribution is -2.25. The molecule has 2 heterocycles. The third-order valence-electron chi connectivity index (χ3n) is 3.88. The molecule has 8 heteroatoms. The molecule has 140 valence electrons. The fraction of sp³-hybridized carbons (Fsp3) is 0.0500. The first kappa shape index (κ1) is 18.4. The summed E-state index contributed by atoms with van der Waals surface area (Å²) < 4.78 is 12.4. The quantitative estimate of drug-likeness (QED) is 0.300. The standard InChI is InChI=1S/C20H14BrN3O3S/c1-26-15-8-9-16-18(11-15)28-20(23-16)24(19(25)17-3-2-10-27-17)22-12-13-4-6-14(21)7-5-13/h2-12H,1H3/b22-12+. The summed E-state index contributed by atoms with van der Waals surface area (Å²) in [7, 11) is 1.61. The van der Waals surface area contributed by atoms with Gasteiger partial charge in [-0.2, -0.15) is 10.1 Å². The van der Waals surface area contributed by atoms with Crippen molar-refractivity contribution in [1.29, 1.82) is 0 Å². The number of hydrogen-bond donors (Lipinski definition) is 0. The second-order valence-electron chi connectivity index (χ2n) is 5.72. The summed E-state index contributed by atoms with van der Waals surface area (Å²) in [6.45, 7) is 0. The number of carbonyl (C=O) groups is 1. The Morgan fingerprint density at radius 1 is 1.25 bits per heavy atom. The first-order valence-electron chi connectivity index (χ1n) is 8.26. The second kappa shape index (κ2) is 7.95. The summed E-state index contributed by atoms with van der Waals surface area (Å²) in [5.41, 5.74) is 1.61. The molecule has 0 saturated heterocycles. The summed E-state index contributed by atoms with van der Waals surface area (Å²) in [4.78, 5) is 17.5. The van der Waals surface area contributed by atoms with Gasteiger partial charge in [0.2, 0.25) is 5.13 Å². The van der Waals surface area contributed by atoms with Crippen molar-refractivity contribution in [2.24, 2.45) is 5.10 Å². The van der Waals surface area contributed by atoms with E-state index in [1.807, 2.05) is 42.5 Å². The highest BCUT2D eigenvalue weighted by molar-refractivity contribution is 9.10. The van der Waals surface area contributed by atoms with Gasteiger partial charge in [-0.15, -0.1) is 0 Å². The van der Waals surface area contributed by atoms with Gasteiger partial charge in [0.25, 0.3) is 0 Å². The van der Waals surface area contributed by atoms with Crippen LogP contribution in [0.2, 0.25) is 0 Å². The molecule has 6 nitrogen and oxygen atoms in total. The Kier molecular flexibility index (Phi) is 5.23. The number of thiazole rings is 1. The highest BCUT2D eigenvalue weighted by Gasteiger charge is 2.23. The van der Waals surface area contributed by atoms with Gasteiger partial charge < -0.3 is 9.15 Å². The van der Waals surface area contributed by atoms with Crippen molar-refractivity contribution in [3.05, 3.63) is 76.7 Å². The lowest BCUT2D eigenvalue weighted by atomic mass is 10.2. The average molecular weight is 456 g/mol. The Balaban J connectivity index is 1.74. The van der Waals surface area contributed by atoms with Crippen molar-refractivity contribution in [3.8, 4) is 5.75 Å². The number of amides is 1. The highest BCUT2D eigenvalue weighted by Crippen LogP contribution is 2.32. The van der Waals surface area contributed by atoms with Gasteiger partial charge in [-0.25, -0.2) is 4.98 Å². The van der Waals surface area contributed by atoms with Crippen molar-refractivity contribution in [1.82, 2.24) is 4.98 Å². The van der Waals surface area contributed by atoms with E-state index in [0.717, 1.165) is 26.0 Å².